The van der Waals surface area contributed by atoms with Gasteiger partial charge in [0.1, 0.15) is 9.84 Å². The maximum absolute atomic E-state index is 11.1. The Balaban J connectivity index is 2.18. The zero-order chi connectivity index (χ0) is 13.7. The van der Waals surface area contributed by atoms with E-state index < -0.39 is 9.84 Å². The number of hydrogen-bond acceptors (Lipinski definition) is 3. The zero-order valence-electron chi connectivity index (χ0n) is 10.8. The molecule has 100 valence electrons. The Labute approximate surface area is 114 Å². The van der Waals surface area contributed by atoms with Gasteiger partial charge in [-0.2, -0.15) is 0 Å². The third kappa shape index (κ3) is 4.10. The molecule has 3 nitrogen and oxygen atoms in total. The summed E-state index contributed by atoms with van der Waals surface area (Å²) in [5, 5.41) is 3.19. The van der Waals surface area contributed by atoms with Crippen LogP contribution in [0.5, 0.6) is 0 Å². The van der Waals surface area contributed by atoms with E-state index in [9.17, 15) is 8.42 Å². The molecular weight excluding hydrogens is 258 g/mol. The Hall–Kier alpha value is -1.81. The fourth-order valence-corrected chi connectivity index (χ4v) is 2.35. The number of hydrogen-bond donors (Lipinski definition) is 1. The molecule has 0 saturated carbocycles. The third-order valence-electron chi connectivity index (χ3n) is 2.80. The number of nitrogens with one attached hydrogen (secondary N) is 1. The number of anilines is 1. The molecule has 2 aromatic rings. The Kier molecular flexibility index (Phi) is 4.22. The molecule has 1 N–H and O–H groups in total. The van der Waals surface area contributed by atoms with E-state index in [-0.39, 0.29) is 5.75 Å². The van der Waals surface area contributed by atoms with Crippen LogP contribution in [0, 0.1) is 0 Å². The average Bonchev–Trinajstić information content (AvgIpc) is 2.39. The number of sulfone groups is 1. The van der Waals surface area contributed by atoms with Crippen LogP contribution in [0.4, 0.5) is 5.69 Å². The summed E-state index contributed by atoms with van der Waals surface area (Å²) in [5.74, 6) is 0.135. The van der Waals surface area contributed by atoms with Crippen LogP contribution in [-0.2, 0) is 9.84 Å². The van der Waals surface area contributed by atoms with Crippen molar-refractivity contribution in [3.63, 3.8) is 0 Å². The van der Waals surface area contributed by atoms with Gasteiger partial charge in [-0.25, -0.2) is 8.42 Å². The lowest BCUT2D eigenvalue weighted by Gasteiger charge is -2.11. The molecule has 2 aromatic carbocycles. The first-order valence-corrected chi connectivity index (χ1v) is 8.18. The third-order valence-corrected chi connectivity index (χ3v) is 3.75. The minimum absolute atomic E-state index is 0.135. The highest BCUT2D eigenvalue weighted by Crippen LogP contribution is 2.27. The van der Waals surface area contributed by atoms with Gasteiger partial charge in [0.25, 0.3) is 0 Å². The monoisotopic (exact) mass is 275 g/mol. The quantitative estimate of drug-likeness (QED) is 0.912. The molecule has 0 aliphatic carbocycles. The van der Waals surface area contributed by atoms with E-state index in [4.69, 9.17) is 0 Å². The van der Waals surface area contributed by atoms with Crippen molar-refractivity contribution in [2.75, 3.05) is 23.9 Å². The van der Waals surface area contributed by atoms with Crippen LogP contribution < -0.4 is 5.32 Å². The van der Waals surface area contributed by atoms with Crippen molar-refractivity contribution in [2.45, 2.75) is 0 Å². The standard InChI is InChI=1S/C15H17NO2S/c1-19(17,18)12-11-16-15-10-6-5-9-14(15)13-7-3-2-4-8-13/h2-10,16H,11-12H2,1H3. The van der Waals surface area contributed by atoms with Crippen molar-refractivity contribution in [1.82, 2.24) is 0 Å². The fourth-order valence-electron chi connectivity index (χ4n) is 1.88. The molecule has 0 saturated heterocycles. The summed E-state index contributed by atoms with van der Waals surface area (Å²) in [5.41, 5.74) is 3.15. The van der Waals surface area contributed by atoms with Crippen LogP contribution in [0.2, 0.25) is 0 Å². The van der Waals surface area contributed by atoms with E-state index >= 15 is 0 Å². The molecule has 0 radical (unpaired) electrons. The molecule has 0 heterocycles. The van der Waals surface area contributed by atoms with E-state index in [0.29, 0.717) is 6.54 Å². The average molecular weight is 275 g/mol. The van der Waals surface area contributed by atoms with E-state index in [1.54, 1.807) is 0 Å². The smallest absolute Gasteiger partial charge is 0.149 e. The van der Waals surface area contributed by atoms with Gasteiger partial charge < -0.3 is 5.32 Å². The molecule has 0 fully saturated rings. The van der Waals surface area contributed by atoms with E-state index in [1.165, 1.54) is 6.26 Å². The van der Waals surface area contributed by atoms with Crippen molar-refractivity contribution < 1.29 is 8.42 Å². The molecule has 19 heavy (non-hydrogen) atoms. The van der Waals surface area contributed by atoms with Crippen LogP contribution >= 0.6 is 0 Å². The lowest BCUT2D eigenvalue weighted by atomic mass is 10.0. The normalized spacial score (nSPS) is 11.2. The molecule has 0 atom stereocenters. The summed E-state index contributed by atoms with van der Waals surface area (Å²) in [6, 6.07) is 17.9. The minimum Gasteiger partial charge on any atom is -0.384 e. The molecule has 0 aliphatic rings. The fraction of sp³-hybridized carbons (Fsp3) is 0.200. The molecule has 4 heteroatoms. The Morgan fingerprint density at radius 2 is 1.58 bits per heavy atom. The van der Waals surface area contributed by atoms with E-state index in [1.807, 2.05) is 54.6 Å². The van der Waals surface area contributed by atoms with Crippen molar-refractivity contribution in [3.8, 4) is 11.1 Å². The van der Waals surface area contributed by atoms with Crippen molar-refractivity contribution >= 4 is 15.5 Å². The summed E-state index contributed by atoms with van der Waals surface area (Å²) in [4.78, 5) is 0. The van der Waals surface area contributed by atoms with Gasteiger partial charge in [0, 0.05) is 24.1 Å². The summed E-state index contributed by atoms with van der Waals surface area (Å²) >= 11 is 0. The first-order valence-electron chi connectivity index (χ1n) is 6.12. The molecule has 0 aliphatic heterocycles. The summed E-state index contributed by atoms with van der Waals surface area (Å²) in [6.45, 7) is 0.419. The van der Waals surface area contributed by atoms with Crippen LogP contribution in [-0.4, -0.2) is 27.0 Å². The Morgan fingerprint density at radius 1 is 0.947 bits per heavy atom. The van der Waals surface area contributed by atoms with Crippen molar-refractivity contribution in [1.29, 1.82) is 0 Å². The van der Waals surface area contributed by atoms with Crippen LogP contribution in [0.1, 0.15) is 0 Å². The highest BCUT2D eigenvalue weighted by molar-refractivity contribution is 7.90. The van der Waals surface area contributed by atoms with Crippen LogP contribution in [0.25, 0.3) is 11.1 Å². The Bertz CT molecular complexity index is 636. The molecule has 0 amide bonds. The van der Waals surface area contributed by atoms with Gasteiger partial charge in [-0.1, -0.05) is 48.5 Å². The van der Waals surface area contributed by atoms with Gasteiger partial charge in [0.05, 0.1) is 5.75 Å². The second kappa shape index (κ2) is 5.89. The van der Waals surface area contributed by atoms with E-state index in [2.05, 4.69) is 5.32 Å². The number of benzene rings is 2. The molecule has 0 unspecified atom stereocenters. The second-order valence-corrected chi connectivity index (χ2v) is 6.73. The van der Waals surface area contributed by atoms with Gasteiger partial charge >= 0.3 is 0 Å². The van der Waals surface area contributed by atoms with Crippen molar-refractivity contribution in [3.05, 3.63) is 54.6 Å². The van der Waals surface area contributed by atoms with Gasteiger partial charge in [-0.05, 0) is 11.6 Å². The first kappa shape index (κ1) is 13.6. The molecule has 0 bridgehead atoms. The maximum Gasteiger partial charge on any atom is 0.149 e. The van der Waals surface area contributed by atoms with Crippen LogP contribution in [0.15, 0.2) is 54.6 Å². The molecule has 0 spiro atoms. The van der Waals surface area contributed by atoms with Gasteiger partial charge in [-0.15, -0.1) is 0 Å². The van der Waals surface area contributed by atoms with Gasteiger partial charge in [0.2, 0.25) is 0 Å². The summed E-state index contributed by atoms with van der Waals surface area (Å²) in [7, 11) is -2.93. The highest BCUT2D eigenvalue weighted by Gasteiger charge is 2.05. The number of para-hydroxylation sites is 1. The first-order chi connectivity index (χ1) is 9.06. The molecular formula is C15H17NO2S. The highest BCUT2D eigenvalue weighted by atomic mass is 32.2. The summed E-state index contributed by atoms with van der Waals surface area (Å²) in [6.07, 6.45) is 1.25. The van der Waals surface area contributed by atoms with Gasteiger partial charge in [0.15, 0.2) is 0 Å². The predicted octanol–water partition coefficient (Wildman–Crippen LogP) is 2.81. The zero-order valence-corrected chi connectivity index (χ0v) is 11.7. The molecule has 2 rings (SSSR count). The lowest BCUT2D eigenvalue weighted by molar-refractivity contribution is 0.602. The van der Waals surface area contributed by atoms with Gasteiger partial charge in [-0.3, -0.25) is 0 Å². The summed E-state index contributed by atoms with van der Waals surface area (Å²) < 4.78 is 22.3. The van der Waals surface area contributed by atoms with E-state index in [0.717, 1.165) is 16.8 Å². The van der Waals surface area contributed by atoms with Crippen LogP contribution in [0.3, 0.4) is 0 Å². The minimum atomic E-state index is -2.93. The second-order valence-electron chi connectivity index (χ2n) is 4.47. The van der Waals surface area contributed by atoms with Crippen molar-refractivity contribution in [2.24, 2.45) is 0 Å². The number of rotatable bonds is 5. The Morgan fingerprint density at radius 3 is 2.26 bits per heavy atom. The SMILES string of the molecule is CS(=O)(=O)CCNc1ccccc1-c1ccccc1. The lowest BCUT2D eigenvalue weighted by Crippen LogP contribution is -2.14. The molecule has 0 aromatic heterocycles. The maximum atomic E-state index is 11.1. The topological polar surface area (TPSA) is 46.2 Å². The largest absolute Gasteiger partial charge is 0.384 e. The predicted molar refractivity (Wildman–Crippen MR) is 80.1 cm³/mol.